The summed E-state index contributed by atoms with van der Waals surface area (Å²) in [6.45, 7) is 5.21. The Morgan fingerprint density at radius 3 is 2.63 bits per heavy atom. The first-order valence-electron chi connectivity index (χ1n) is 6.00. The summed E-state index contributed by atoms with van der Waals surface area (Å²) in [4.78, 5) is 23.5. The zero-order chi connectivity index (χ0) is 14.7. The number of nitrogens with one attached hydrogen (secondary N) is 1. The number of rotatable bonds is 4. The fourth-order valence-electron chi connectivity index (χ4n) is 1.91. The minimum absolute atomic E-state index is 0.150. The first kappa shape index (κ1) is 15.3. The highest BCUT2D eigenvalue weighted by Crippen LogP contribution is 2.46. The van der Waals surface area contributed by atoms with E-state index in [1.807, 2.05) is 0 Å². The lowest BCUT2D eigenvalue weighted by Crippen LogP contribution is -2.47. The van der Waals surface area contributed by atoms with Gasteiger partial charge in [-0.05, 0) is 33.6 Å². The molecule has 1 amide bonds. The Balaban J connectivity index is 2.68. The van der Waals surface area contributed by atoms with Gasteiger partial charge in [-0.25, -0.2) is 9.59 Å². The van der Waals surface area contributed by atoms with Crippen LogP contribution in [0.25, 0.3) is 0 Å². The van der Waals surface area contributed by atoms with Crippen molar-refractivity contribution < 1.29 is 24.3 Å². The van der Waals surface area contributed by atoms with E-state index in [9.17, 15) is 9.59 Å². The molecule has 1 unspecified atom stereocenters. The van der Waals surface area contributed by atoms with Crippen LogP contribution in [0, 0.1) is 5.92 Å². The minimum Gasteiger partial charge on any atom is -0.467 e. The van der Waals surface area contributed by atoms with Crippen LogP contribution in [-0.4, -0.2) is 41.7 Å². The Labute approximate surface area is 111 Å². The fourth-order valence-corrected chi connectivity index (χ4v) is 1.91. The van der Waals surface area contributed by atoms with Crippen LogP contribution in [-0.2, 0) is 14.3 Å². The number of alkyl carbamates (subject to hydrolysis) is 1. The van der Waals surface area contributed by atoms with E-state index in [0.29, 0.717) is 12.8 Å². The highest BCUT2D eigenvalue weighted by atomic mass is 16.6. The van der Waals surface area contributed by atoms with Crippen molar-refractivity contribution in [3.8, 4) is 0 Å². The van der Waals surface area contributed by atoms with Crippen LogP contribution in [0.15, 0.2) is 5.16 Å². The van der Waals surface area contributed by atoms with Gasteiger partial charge in [0, 0.05) is 12.1 Å². The van der Waals surface area contributed by atoms with E-state index in [4.69, 9.17) is 14.7 Å². The summed E-state index contributed by atoms with van der Waals surface area (Å²) in [6, 6.07) is 0. The monoisotopic (exact) mass is 272 g/mol. The van der Waals surface area contributed by atoms with E-state index in [2.05, 4.69) is 10.5 Å². The van der Waals surface area contributed by atoms with Crippen LogP contribution < -0.4 is 5.32 Å². The van der Waals surface area contributed by atoms with Gasteiger partial charge in [-0.3, -0.25) is 0 Å². The summed E-state index contributed by atoms with van der Waals surface area (Å²) in [6.07, 6.45) is 1.43. The average molecular weight is 272 g/mol. The Morgan fingerprint density at radius 2 is 2.16 bits per heavy atom. The Hall–Kier alpha value is -1.79. The van der Waals surface area contributed by atoms with Gasteiger partial charge in [0.15, 0.2) is 0 Å². The van der Waals surface area contributed by atoms with Crippen molar-refractivity contribution in [3.63, 3.8) is 0 Å². The zero-order valence-corrected chi connectivity index (χ0v) is 11.6. The quantitative estimate of drug-likeness (QED) is 0.348. The lowest BCUT2D eigenvalue weighted by molar-refractivity contribution is -0.144. The maximum atomic E-state index is 11.8. The number of methoxy groups -OCH3 is 1. The summed E-state index contributed by atoms with van der Waals surface area (Å²) in [5.74, 6) is -0.668. The number of esters is 1. The molecule has 1 aliphatic carbocycles. The molecule has 0 aromatic heterocycles. The van der Waals surface area contributed by atoms with Gasteiger partial charge >= 0.3 is 12.1 Å². The topological polar surface area (TPSA) is 97.2 Å². The van der Waals surface area contributed by atoms with Crippen molar-refractivity contribution in [2.45, 2.75) is 44.8 Å². The summed E-state index contributed by atoms with van der Waals surface area (Å²) >= 11 is 0. The third-order valence-corrected chi connectivity index (χ3v) is 2.85. The van der Waals surface area contributed by atoms with Gasteiger partial charge in [-0.1, -0.05) is 0 Å². The van der Waals surface area contributed by atoms with Gasteiger partial charge in [0.05, 0.1) is 7.11 Å². The maximum absolute atomic E-state index is 11.8. The van der Waals surface area contributed by atoms with Gasteiger partial charge in [0.25, 0.3) is 0 Å². The van der Waals surface area contributed by atoms with Gasteiger partial charge < -0.3 is 20.0 Å². The number of hydrogen-bond acceptors (Lipinski definition) is 6. The van der Waals surface area contributed by atoms with Crippen LogP contribution in [0.1, 0.15) is 33.6 Å². The predicted molar refractivity (Wildman–Crippen MR) is 67.1 cm³/mol. The highest BCUT2D eigenvalue weighted by molar-refractivity contribution is 5.90. The Bertz CT molecular complexity index is 388. The third-order valence-electron chi connectivity index (χ3n) is 2.85. The molecule has 0 bridgehead atoms. The molecule has 0 radical (unpaired) electrons. The summed E-state index contributed by atoms with van der Waals surface area (Å²) < 4.78 is 9.82. The number of oxime groups is 1. The zero-order valence-electron chi connectivity index (χ0n) is 11.6. The molecular weight excluding hydrogens is 252 g/mol. The molecule has 1 saturated carbocycles. The second-order valence-electron chi connectivity index (χ2n) is 5.52. The summed E-state index contributed by atoms with van der Waals surface area (Å²) in [5.41, 5.74) is -1.71. The molecule has 1 rings (SSSR count). The number of hydrogen-bond donors (Lipinski definition) is 2. The highest BCUT2D eigenvalue weighted by Gasteiger charge is 2.62. The van der Waals surface area contributed by atoms with E-state index in [0.717, 1.165) is 0 Å². The predicted octanol–water partition coefficient (Wildman–Crippen LogP) is 1.29. The molecule has 19 heavy (non-hydrogen) atoms. The van der Waals surface area contributed by atoms with Crippen molar-refractivity contribution in [1.29, 1.82) is 0 Å². The number of nitrogens with zero attached hydrogens (tertiary/aromatic N) is 1. The standard InChI is InChI=1S/C12H20N2O5/c1-11(2,3)19-10(16)14-12(9(15)18-4)7-8(12)5-6-13-17/h6,8,17H,5,7H2,1-4H3,(H,14,16)/b13-6+/t8?,12-/m1/s1. The normalized spacial score (nSPS) is 26.0. The third kappa shape index (κ3) is 3.84. The number of carbonyl (C=O) groups is 2. The molecule has 0 aliphatic heterocycles. The van der Waals surface area contributed by atoms with Crippen molar-refractivity contribution >= 4 is 18.3 Å². The molecule has 0 spiro atoms. The van der Waals surface area contributed by atoms with Crippen molar-refractivity contribution in [1.82, 2.24) is 5.32 Å². The first-order chi connectivity index (χ1) is 8.75. The van der Waals surface area contributed by atoms with E-state index in [-0.39, 0.29) is 5.92 Å². The molecule has 2 N–H and O–H groups in total. The van der Waals surface area contributed by atoms with Gasteiger partial charge in [0.1, 0.15) is 11.1 Å². The summed E-state index contributed by atoms with van der Waals surface area (Å²) in [7, 11) is 1.26. The molecular formula is C12H20N2O5. The number of carbonyl (C=O) groups excluding carboxylic acids is 2. The van der Waals surface area contributed by atoms with E-state index in [1.54, 1.807) is 20.8 Å². The molecule has 1 fully saturated rings. The maximum Gasteiger partial charge on any atom is 0.408 e. The van der Waals surface area contributed by atoms with Crippen molar-refractivity contribution in [2.24, 2.45) is 11.1 Å². The molecule has 0 aromatic rings. The average Bonchev–Trinajstić information content (AvgIpc) is 2.97. The largest absolute Gasteiger partial charge is 0.467 e. The Kier molecular flexibility index (Phi) is 4.39. The lowest BCUT2D eigenvalue weighted by Gasteiger charge is -2.23. The molecule has 7 heteroatoms. The van der Waals surface area contributed by atoms with Crippen LogP contribution in [0.3, 0.4) is 0 Å². The fraction of sp³-hybridized carbons (Fsp3) is 0.750. The Morgan fingerprint density at radius 1 is 1.53 bits per heavy atom. The van der Waals surface area contributed by atoms with Crippen LogP contribution >= 0.6 is 0 Å². The first-order valence-corrected chi connectivity index (χ1v) is 6.00. The van der Waals surface area contributed by atoms with Gasteiger partial charge in [-0.15, -0.1) is 5.16 Å². The van der Waals surface area contributed by atoms with E-state index in [1.165, 1.54) is 13.3 Å². The molecule has 7 nitrogen and oxygen atoms in total. The second kappa shape index (κ2) is 5.46. The van der Waals surface area contributed by atoms with E-state index < -0.39 is 23.2 Å². The lowest BCUT2D eigenvalue weighted by atomic mass is 10.1. The molecule has 0 heterocycles. The smallest absolute Gasteiger partial charge is 0.408 e. The van der Waals surface area contributed by atoms with E-state index >= 15 is 0 Å². The summed E-state index contributed by atoms with van der Waals surface area (Å²) in [5, 5.41) is 13.8. The molecule has 108 valence electrons. The van der Waals surface area contributed by atoms with Crippen LogP contribution in [0.2, 0.25) is 0 Å². The van der Waals surface area contributed by atoms with Crippen molar-refractivity contribution in [3.05, 3.63) is 0 Å². The molecule has 2 atom stereocenters. The minimum atomic E-state index is -1.07. The van der Waals surface area contributed by atoms with Crippen LogP contribution in [0.5, 0.6) is 0 Å². The van der Waals surface area contributed by atoms with Gasteiger partial charge in [0.2, 0.25) is 0 Å². The number of ether oxygens (including phenoxy) is 2. The van der Waals surface area contributed by atoms with Crippen molar-refractivity contribution in [2.75, 3.05) is 7.11 Å². The van der Waals surface area contributed by atoms with Crippen LogP contribution in [0.4, 0.5) is 4.79 Å². The van der Waals surface area contributed by atoms with Gasteiger partial charge in [-0.2, -0.15) is 0 Å². The molecule has 1 aliphatic rings. The number of amides is 1. The molecule has 0 aromatic carbocycles. The SMILES string of the molecule is COC(=O)[C@@]1(NC(=O)OC(C)(C)C)CC1C/C=N/O. The molecule has 0 saturated heterocycles. The second-order valence-corrected chi connectivity index (χ2v) is 5.52.